The van der Waals surface area contributed by atoms with Crippen molar-refractivity contribution in [2.45, 2.75) is 30.2 Å². The number of aromatic nitrogens is 2. The molecule has 0 unspecified atom stereocenters. The van der Waals surface area contributed by atoms with Gasteiger partial charge in [-0.2, -0.15) is 5.10 Å². The van der Waals surface area contributed by atoms with E-state index in [0.717, 1.165) is 30.8 Å². The van der Waals surface area contributed by atoms with Crippen molar-refractivity contribution in [3.63, 3.8) is 0 Å². The molecule has 3 N–H and O–H groups in total. The molecule has 7 nitrogen and oxygen atoms in total. The lowest BCUT2D eigenvalue weighted by Crippen LogP contribution is -2.27. The number of fused-ring (bicyclic) bond motifs is 2. The van der Waals surface area contributed by atoms with Gasteiger partial charge in [0, 0.05) is 30.6 Å². The summed E-state index contributed by atoms with van der Waals surface area (Å²) in [6.45, 7) is 8.71. The predicted molar refractivity (Wildman–Crippen MR) is 116 cm³/mol. The van der Waals surface area contributed by atoms with E-state index in [1.165, 1.54) is 0 Å². The molecule has 0 fully saturated rings. The van der Waals surface area contributed by atoms with Crippen LogP contribution >= 0.6 is 0 Å². The third kappa shape index (κ3) is 3.21. The Morgan fingerprint density at radius 3 is 2.62 bits per heavy atom. The maximum Gasteiger partial charge on any atom is 0.210 e. The van der Waals surface area contributed by atoms with Gasteiger partial charge in [0.05, 0.1) is 22.6 Å². The van der Waals surface area contributed by atoms with Gasteiger partial charge in [0.25, 0.3) is 0 Å². The van der Waals surface area contributed by atoms with Gasteiger partial charge >= 0.3 is 0 Å². The average Bonchev–Trinajstić information content (AvgIpc) is 3.10. The second-order valence-corrected chi connectivity index (χ2v) is 9.01. The second-order valence-electron chi connectivity index (χ2n) is 7.15. The van der Waals surface area contributed by atoms with E-state index in [1.54, 1.807) is 12.1 Å². The fourth-order valence-electron chi connectivity index (χ4n) is 4.01. The number of nitrogens with zero attached hydrogens (tertiary/aromatic N) is 3. The molecule has 29 heavy (non-hydrogen) atoms. The molecule has 0 aliphatic carbocycles. The topological polar surface area (TPSA) is 93.2 Å². The van der Waals surface area contributed by atoms with Crippen LogP contribution in [0.2, 0.25) is 0 Å². The highest BCUT2D eigenvalue weighted by Gasteiger charge is 2.35. The zero-order valence-electron chi connectivity index (χ0n) is 16.9. The fourth-order valence-corrected chi connectivity index (χ4v) is 5.84. The Morgan fingerprint density at radius 2 is 1.90 bits per heavy atom. The van der Waals surface area contributed by atoms with Crippen LogP contribution in [0.15, 0.2) is 46.2 Å². The molecule has 0 amide bonds. The summed E-state index contributed by atoms with van der Waals surface area (Å²) in [5.74, 6) is 0. The Labute approximate surface area is 171 Å². The van der Waals surface area contributed by atoms with Gasteiger partial charge in [-0.3, -0.25) is 4.68 Å². The van der Waals surface area contributed by atoms with Crippen LogP contribution < -0.4 is 11.1 Å². The van der Waals surface area contributed by atoms with Gasteiger partial charge in [0.2, 0.25) is 9.84 Å². The van der Waals surface area contributed by atoms with Crippen LogP contribution in [0.1, 0.15) is 13.8 Å². The molecular formula is C21H27N5O2S. The minimum Gasteiger partial charge on any atom is -0.383 e. The number of rotatable bonds is 8. The highest BCUT2D eigenvalue weighted by Crippen LogP contribution is 2.46. The SMILES string of the molecule is CCN(CC)CCn1nc2c3c(c(NCCN)ccc31)S(=O)(=O)c1ccccc1-2. The number of sulfone groups is 1. The molecule has 0 atom stereocenters. The molecule has 0 spiro atoms. The largest absolute Gasteiger partial charge is 0.383 e. The first-order valence-electron chi connectivity index (χ1n) is 10.1. The van der Waals surface area contributed by atoms with Gasteiger partial charge < -0.3 is 16.0 Å². The summed E-state index contributed by atoms with van der Waals surface area (Å²) in [5.41, 5.74) is 8.47. The molecule has 3 aromatic rings. The van der Waals surface area contributed by atoms with Gasteiger partial charge in [-0.25, -0.2) is 8.42 Å². The Kier molecular flexibility index (Phi) is 5.33. The lowest BCUT2D eigenvalue weighted by atomic mass is 10.1. The quantitative estimate of drug-likeness (QED) is 0.461. The molecule has 0 saturated heterocycles. The average molecular weight is 414 g/mol. The van der Waals surface area contributed by atoms with Crippen molar-refractivity contribution < 1.29 is 8.42 Å². The minimum atomic E-state index is -3.66. The molecule has 0 radical (unpaired) electrons. The fraction of sp³-hybridized carbons (Fsp3) is 0.381. The van der Waals surface area contributed by atoms with Crippen LogP contribution in [-0.2, 0) is 16.4 Å². The monoisotopic (exact) mass is 413 g/mol. The molecular weight excluding hydrogens is 386 g/mol. The molecule has 1 aliphatic heterocycles. The molecule has 0 saturated carbocycles. The van der Waals surface area contributed by atoms with Crippen LogP contribution in [0.3, 0.4) is 0 Å². The van der Waals surface area contributed by atoms with E-state index in [9.17, 15) is 8.42 Å². The lowest BCUT2D eigenvalue weighted by molar-refractivity contribution is 0.287. The summed E-state index contributed by atoms with van der Waals surface area (Å²) in [7, 11) is -3.66. The number of benzene rings is 2. The Morgan fingerprint density at radius 1 is 1.14 bits per heavy atom. The zero-order valence-corrected chi connectivity index (χ0v) is 17.7. The Hall–Kier alpha value is -2.42. The summed E-state index contributed by atoms with van der Waals surface area (Å²) in [5, 5.41) is 8.74. The van der Waals surface area contributed by atoms with Crippen molar-refractivity contribution in [3.05, 3.63) is 36.4 Å². The van der Waals surface area contributed by atoms with Crippen molar-refractivity contribution in [3.8, 4) is 11.3 Å². The Balaban J connectivity index is 1.94. The number of hydrogen-bond donors (Lipinski definition) is 2. The summed E-state index contributed by atoms with van der Waals surface area (Å²) in [4.78, 5) is 2.95. The first-order valence-corrected chi connectivity index (χ1v) is 11.6. The molecule has 154 valence electrons. The molecule has 2 heterocycles. The number of nitrogens with one attached hydrogen (secondary N) is 1. The molecule has 1 aromatic heterocycles. The van der Waals surface area contributed by atoms with Crippen molar-refractivity contribution in [1.29, 1.82) is 0 Å². The lowest BCUT2D eigenvalue weighted by Gasteiger charge is -2.20. The number of nitrogens with two attached hydrogens (primary N) is 1. The van der Waals surface area contributed by atoms with Gasteiger partial charge in [0.1, 0.15) is 10.6 Å². The molecule has 0 bridgehead atoms. The van der Waals surface area contributed by atoms with Gasteiger partial charge in [-0.05, 0) is 31.3 Å². The van der Waals surface area contributed by atoms with E-state index in [-0.39, 0.29) is 0 Å². The molecule has 8 heteroatoms. The normalized spacial score (nSPS) is 14.3. The smallest absolute Gasteiger partial charge is 0.210 e. The molecule has 1 aliphatic rings. The van der Waals surface area contributed by atoms with E-state index < -0.39 is 9.84 Å². The number of likely N-dealkylation sites (N-methyl/N-ethyl adjacent to an activating group) is 1. The van der Waals surface area contributed by atoms with E-state index in [0.29, 0.717) is 46.1 Å². The molecule has 4 rings (SSSR count). The van der Waals surface area contributed by atoms with E-state index >= 15 is 0 Å². The third-order valence-electron chi connectivity index (χ3n) is 5.55. The summed E-state index contributed by atoms with van der Waals surface area (Å²) >= 11 is 0. The maximum atomic E-state index is 13.5. The summed E-state index contributed by atoms with van der Waals surface area (Å²) in [6.07, 6.45) is 0. The van der Waals surface area contributed by atoms with Gasteiger partial charge in [0.15, 0.2) is 0 Å². The first kappa shape index (κ1) is 19.9. The maximum absolute atomic E-state index is 13.5. The van der Waals surface area contributed by atoms with Crippen molar-refractivity contribution >= 4 is 26.4 Å². The van der Waals surface area contributed by atoms with Crippen molar-refractivity contribution in [2.24, 2.45) is 5.73 Å². The highest BCUT2D eigenvalue weighted by molar-refractivity contribution is 7.92. The third-order valence-corrected chi connectivity index (χ3v) is 7.45. The minimum absolute atomic E-state index is 0.310. The van der Waals surface area contributed by atoms with Crippen molar-refractivity contribution in [1.82, 2.24) is 14.7 Å². The van der Waals surface area contributed by atoms with Crippen molar-refractivity contribution in [2.75, 3.05) is 38.0 Å². The van der Waals surface area contributed by atoms with Crippen LogP contribution in [0.4, 0.5) is 5.69 Å². The van der Waals surface area contributed by atoms with Crippen LogP contribution in [-0.4, -0.2) is 55.8 Å². The highest BCUT2D eigenvalue weighted by atomic mass is 32.2. The van der Waals surface area contributed by atoms with Crippen LogP contribution in [0.5, 0.6) is 0 Å². The zero-order chi connectivity index (χ0) is 20.6. The van der Waals surface area contributed by atoms with Gasteiger partial charge in [-0.15, -0.1) is 0 Å². The van der Waals surface area contributed by atoms with E-state index in [1.807, 2.05) is 28.9 Å². The van der Waals surface area contributed by atoms with Crippen LogP contribution in [0.25, 0.3) is 22.2 Å². The first-order chi connectivity index (χ1) is 14.0. The summed E-state index contributed by atoms with van der Waals surface area (Å²) < 4.78 is 29.0. The predicted octanol–water partition coefficient (Wildman–Crippen LogP) is 2.56. The number of anilines is 1. The Bertz CT molecular complexity index is 1150. The van der Waals surface area contributed by atoms with E-state index in [2.05, 4.69) is 24.1 Å². The van der Waals surface area contributed by atoms with Gasteiger partial charge in [-0.1, -0.05) is 32.0 Å². The molecule has 2 aromatic carbocycles. The standard InChI is InChI=1S/C21H27N5O2S/c1-3-25(4-2)13-14-26-17-10-9-16(23-12-11-22)21-19(17)20(24-26)15-7-5-6-8-18(15)29(21,27)28/h5-10,23H,3-4,11-14,22H2,1-2H3. The second kappa shape index (κ2) is 7.78. The summed E-state index contributed by atoms with van der Waals surface area (Å²) in [6, 6.07) is 10.9. The van der Waals surface area contributed by atoms with E-state index in [4.69, 9.17) is 10.8 Å². The number of hydrogen-bond acceptors (Lipinski definition) is 6. The van der Waals surface area contributed by atoms with Crippen LogP contribution in [0, 0.1) is 0 Å².